The zero-order valence-electron chi connectivity index (χ0n) is 25.4. The third kappa shape index (κ3) is 3.58. The fourth-order valence-corrected chi connectivity index (χ4v) is 7.45. The summed E-state index contributed by atoms with van der Waals surface area (Å²) in [5.41, 5.74) is 4.34. The highest BCUT2D eigenvalue weighted by Gasteiger charge is 2.25. The Balaban J connectivity index is 1.20. The molecule has 1 aliphatic heterocycles. The van der Waals surface area contributed by atoms with Crippen LogP contribution in [0.5, 0.6) is 11.5 Å². The molecule has 0 amide bonds. The molecular formula is C43H23N3O2. The quantitative estimate of drug-likeness (QED) is 0.186. The van der Waals surface area contributed by atoms with Crippen molar-refractivity contribution in [1.29, 1.82) is 0 Å². The molecular weight excluding hydrogens is 590 g/mol. The molecule has 5 nitrogen and oxygen atoms in total. The largest absolute Gasteiger partial charge is 0.456 e. The number of fused-ring (bicyclic) bond motifs is 4. The first-order valence-corrected chi connectivity index (χ1v) is 16.0. The maximum Gasteiger partial charge on any atom is 0.167 e. The molecule has 0 saturated carbocycles. The monoisotopic (exact) mass is 613 g/mol. The van der Waals surface area contributed by atoms with Crippen LogP contribution in [-0.4, -0.2) is 15.0 Å². The van der Waals surface area contributed by atoms with Crippen molar-refractivity contribution in [2.75, 3.05) is 0 Å². The minimum atomic E-state index is 0.557. The summed E-state index contributed by atoms with van der Waals surface area (Å²) in [7, 11) is 0. The van der Waals surface area contributed by atoms with Crippen LogP contribution >= 0.6 is 0 Å². The number of rotatable bonds is 3. The number of hydrogen-bond donors (Lipinski definition) is 0. The third-order valence-corrected chi connectivity index (χ3v) is 9.66. The number of nitrogens with zero attached hydrogens (tertiary/aromatic N) is 3. The van der Waals surface area contributed by atoms with Gasteiger partial charge in [-0.2, -0.15) is 0 Å². The zero-order chi connectivity index (χ0) is 31.3. The Morgan fingerprint density at radius 2 is 1.08 bits per heavy atom. The molecule has 0 radical (unpaired) electrons. The summed E-state index contributed by atoms with van der Waals surface area (Å²) in [4.78, 5) is 15.4. The van der Waals surface area contributed by atoms with Gasteiger partial charge in [0.25, 0.3) is 0 Å². The Morgan fingerprint density at radius 3 is 1.96 bits per heavy atom. The summed E-state index contributed by atoms with van der Waals surface area (Å²) in [6.45, 7) is 0. The van der Waals surface area contributed by atoms with Crippen LogP contribution in [0.2, 0.25) is 0 Å². The molecule has 222 valence electrons. The van der Waals surface area contributed by atoms with Gasteiger partial charge in [-0.3, -0.25) is 0 Å². The predicted molar refractivity (Wildman–Crippen MR) is 194 cm³/mol. The Morgan fingerprint density at radius 1 is 0.396 bits per heavy atom. The minimum absolute atomic E-state index is 0.557. The zero-order valence-corrected chi connectivity index (χ0v) is 25.4. The van der Waals surface area contributed by atoms with Crippen LogP contribution in [-0.2, 0) is 0 Å². The van der Waals surface area contributed by atoms with Crippen LogP contribution in [0.1, 0.15) is 0 Å². The highest BCUT2D eigenvalue weighted by molar-refractivity contribution is 6.26. The molecule has 1 aliphatic rings. The molecule has 3 heterocycles. The van der Waals surface area contributed by atoms with Gasteiger partial charge in [0.15, 0.2) is 17.5 Å². The Labute approximate surface area is 273 Å². The molecule has 0 N–H and O–H groups in total. The van der Waals surface area contributed by atoms with Crippen LogP contribution in [0.15, 0.2) is 144 Å². The van der Waals surface area contributed by atoms with E-state index in [1.54, 1.807) is 0 Å². The van der Waals surface area contributed by atoms with E-state index in [4.69, 9.17) is 24.1 Å². The van der Waals surface area contributed by atoms with E-state index in [0.29, 0.717) is 17.5 Å². The smallest absolute Gasteiger partial charge is 0.167 e. The molecule has 2 aromatic heterocycles. The van der Waals surface area contributed by atoms with Gasteiger partial charge in [-0.15, -0.1) is 0 Å². The van der Waals surface area contributed by atoms with Crippen molar-refractivity contribution in [2.45, 2.75) is 0 Å². The molecule has 10 aromatic rings. The fraction of sp³-hybridized carbons (Fsp3) is 0. The number of para-hydroxylation sites is 1. The van der Waals surface area contributed by atoms with Gasteiger partial charge in [0.2, 0.25) is 0 Å². The maximum absolute atomic E-state index is 6.80. The van der Waals surface area contributed by atoms with Crippen molar-refractivity contribution in [3.8, 4) is 45.7 Å². The molecule has 8 aromatic carbocycles. The summed E-state index contributed by atoms with van der Waals surface area (Å²) >= 11 is 0. The first kappa shape index (κ1) is 25.6. The van der Waals surface area contributed by atoms with Crippen molar-refractivity contribution in [1.82, 2.24) is 15.0 Å². The molecule has 48 heavy (non-hydrogen) atoms. The van der Waals surface area contributed by atoms with Gasteiger partial charge in [-0.25, -0.2) is 15.0 Å². The van der Waals surface area contributed by atoms with E-state index >= 15 is 0 Å². The van der Waals surface area contributed by atoms with E-state index in [-0.39, 0.29) is 0 Å². The fourth-order valence-electron chi connectivity index (χ4n) is 7.45. The molecule has 0 fully saturated rings. The molecule has 0 atom stereocenters. The maximum atomic E-state index is 6.80. The highest BCUT2D eigenvalue weighted by Crippen LogP contribution is 2.50. The number of furan rings is 1. The van der Waals surface area contributed by atoms with Gasteiger partial charge in [-0.05, 0) is 57.3 Å². The van der Waals surface area contributed by atoms with Gasteiger partial charge in [-0.1, -0.05) is 109 Å². The van der Waals surface area contributed by atoms with E-state index in [2.05, 4.69) is 78.9 Å². The summed E-state index contributed by atoms with van der Waals surface area (Å²) in [5, 5.41) is 11.2. The van der Waals surface area contributed by atoms with E-state index in [0.717, 1.165) is 82.4 Å². The van der Waals surface area contributed by atoms with Gasteiger partial charge in [0.05, 0.1) is 5.56 Å². The lowest BCUT2D eigenvalue weighted by Crippen LogP contribution is -2.03. The van der Waals surface area contributed by atoms with Gasteiger partial charge in [0.1, 0.15) is 22.7 Å². The summed E-state index contributed by atoms with van der Waals surface area (Å²) < 4.78 is 13.1. The minimum Gasteiger partial charge on any atom is -0.456 e. The number of hydrogen-bond acceptors (Lipinski definition) is 5. The van der Waals surface area contributed by atoms with E-state index < -0.39 is 0 Å². The van der Waals surface area contributed by atoms with Gasteiger partial charge in [0, 0.05) is 38.1 Å². The summed E-state index contributed by atoms with van der Waals surface area (Å²) in [6.07, 6.45) is 0. The van der Waals surface area contributed by atoms with Crippen LogP contribution in [0, 0.1) is 0 Å². The van der Waals surface area contributed by atoms with Crippen molar-refractivity contribution in [2.24, 2.45) is 0 Å². The van der Waals surface area contributed by atoms with Crippen molar-refractivity contribution >= 4 is 65.0 Å². The molecule has 11 rings (SSSR count). The van der Waals surface area contributed by atoms with E-state index in [1.165, 1.54) is 10.8 Å². The Hall–Kier alpha value is -6.59. The average molecular weight is 614 g/mol. The van der Waals surface area contributed by atoms with Crippen LogP contribution < -0.4 is 4.74 Å². The molecule has 0 spiro atoms. The third-order valence-electron chi connectivity index (χ3n) is 9.66. The Kier molecular flexibility index (Phi) is 5.05. The second-order valence-electron chi connectivity index (χ2n) is 12.4. The second-order valence-corrected chi connectivity index (χ2v) is 12.4. The van der Waals surface area contributed by atoms with Crippen LogP contribution in [0.4, 0.5) is 0 Å². The predicted octanol–water partition coefficient (Wildman–Crippen LogP) is 11.5. The SMILES string of the molecule is c1ccc(-c2nc(-c3ccc4ccc5ccc6cccc7c6c5c4c3O7)nc(-c3cccc4cc5c(cc34)oc3ccccc35)n2)cc1. The topological polar surface area (TPSA) is 61.0 Å². The highest BCUT2D eigenvalue weighted by atomic mass is 16.5. The van der Waals surface area contributed by atoms with Crippen molar-refractivity contribution in [3.63, 3.8) is 0 Å². The normalized spacial score (nSPS) is 12.3. The number of aromatic nitrogens is 3. The molecule has 0 bridgehead atoms. The molecule has 0 unspecified atom stereocenters. The second kappa shape index (κ2) is 9.47. The lowest BCUT2D eigenvalue weighted by molar-refractivity contribution is 0.494. The number of benzene rings is 8. The van der Waals surface area contributed by atoms with Crippen molar-refractivity contribution < 1.29 is 9.15 Å². The van der Waals surface area contributed by atoms with E-state index in [1.807, 2.05) is 60.7 Å². The molecule has 0 saturated heterocycles. The average Bonchev–Trinajstić information content (AvgIpc) is 3.51. The first-order chi connectivity index (χ1) is 23.8. The number of ether oxygens (including phenoxy) is 1. The van der Waals surface area contributed by atoms with Crippen LogP contribution in [0.25, 0.3) is 99.2 Å². The van der Waals surface area contributed by atoms with E-state index in [9.17, 15) is 0 Å². The van der Waals surface area contributed by atoms with Gasteiger partial charge < -0.3 is 9.15 Å². The summed E-state index contributed by atoms with van der Waals surface area (Å²) in [5.74, 6) is 3.35. The van der Waals surface area contributed by atoms with Crippen molar-refractivity contribution in [3.05, 3.63) is 140 Å². The Bertz CT molecular complexity index is 2980. The lowest BCUT2D eigenvalue weighted by Gasteiger charge is -2.22. The summed E-state index contributed by atoms with van der Waals surface area (Å²) in [6, 6.07) is 48.0. The first-order valence-electron chi connectivity index (χ1n) is 16.0. The van der Waals surface area contributed by atoms with Gasteiger partial charge >= 0.3 is 0 Å². The standard InChI is InChI=1S/C43H23N3O2/c1-2-8-27(9-3-1)41-44-42(30-13-6-11-28-22-33-29-12-4-5-14-34(29)47-36(33)23-32(28)30)46-43(45-41)31-21-20-26-19-18-25-17-16-24-10-7-15-35-37(24)38(25)39(26)40(31)48-35/h1-23H. The van der Waals surface area contributed by atoms with Crippen LogP contribution in [0.3, 0.4) is 0 Å². The molecule has 0 aliphatic carbocycles. The molecule has 5 heteroatoms. The lowest BCUT2D eigenvalue weighted by atomic mass is 9.92.